The Bertz CT molecular complexity index is 1030. The predicted octanol–water partition coefficient (Wildman–Crippen LogP) is 5.32. The Morgan fingerprint density at radius 3 is 2.26 bits per heavy atom. The van der Waals surface area contributed by atoms with Crippen molar-refractivity contribution in [3.63, 3.8) is 0 Å². The van der Waals surface area contributed by atoms with Gasteiger partial charge in [0.05, 0.1) is 11.3 Å². The van der Waals surface area contributed by atoms with E-state index in [4.69, 9.17) is 9.84 Å². The molecule has 7 nitrogen and oxygen atoms in total. The topological polar surface area (TPSA) is 99.7 Å². The van der Waals surface area contributed by atoms with Gasteiger partial charge < -0.3 is 25.8 Å². The number of carboxylic acids is 1. The molecule has 4 rings (SSSR count). The summed E-state index contributed by atoms with van der Waals surface area (Å²) in [5, 5.41) is 18.5. The van der Waals surface area contributed by atoms with E-state index in [-0.39, 0.29) is 30.1 Å². The first-order valence-electron chi connectivity index (χ1n) is 12.6. The largest absolute Gasteiger partial charge is 0.482 e. The van der Waals surface area contributed by atoms with Crippen LogP contribution in [0.1, 0.15) is 73.7 Å². The summed E-state index contributed by atoms with van der Waals surface area (Å²) >= 11 is 0. The van der Waals surface area contributed by atoms with Gasteiger partial charge in [0, 0.05) is 24.3 Å². The molecular formula is C27H34FN3O4. The van der Waals surface area contributed by atoms with Crippen LogP contribution in [0.15, 0.2) is 36.4 Å². The second kappa shape index (κ2) is 11.9. The van der Waals surface area contributed by atoms with Crippen molar-refractivity contribution in [2.24, 2.45) is 0 Å². The Morgan fingerprint density at radius 2 is 1.57 bits per heavy atom. The van der Waals surface area contributed by atoms with Crippen molar-refractivity contribution >= 4 is 23.3 Å². The van der Waals surface area contributed by atoms with Gasteiger partial charge in [0.15, 0.2) is 6.61 Å². The molecule has 2 saturated carbocycles. The highest BCUT2D eigenvalue weighted by Crippen LogP contribution is 2.31. The molecule has 0 saturated heterocycles. The smallest absolute Gasteiger partial charge is 0.341 e. The molecule has 4 N–H and O–H groups in total. The molecule has 2 aliphatic carbocycles. The van der Waals surface area contributed by atoms with Crippen LogP contribution in [0, 0.1) is 5.82 Å². The Hall–Kier alpha value is -3.29. The van der Waals surface area contributed by atoms with Gasteiger partial charge >= 0.3 is 5.97 Å². The van der Waals surface area contributed by atoms with Crippen LogP contribution in [0.2, 0.25) is 0 Å². The van der Waals surface area contributed by atoms with Crippen LogP contribution in [0.25, 0.3) is 0 Å². The number of carbonyl (C=O) groups is 2. The quantitative estimate of drug-likeness (QED) is 0.365. The van der Waals surface area contributed by atoms with Crippen molar-refractivity contribution < 1.29 is 23.8 Å². The molecule has 2 aliphatic rings. The van der Waals surface area contributed by atoms with Crippen LogP contribution in [0.3, 0.4) is 0 Å². The third-order valence-electron chi connectivity index (χ3n) is 6.75. The van der Waals surface area contributed by atoms with Crippen LogP contribution in [-0.2, 0) is 11.3 Å². The first-order valence-corrected chi connectivity index (χ1v) is 12.6. The normalized spacial score (nSPS) is 16.6. The summed E-state index contributed by atoms with van der Waals surface area (Å²) in [5.74, 6) is -1.45. The standard InChI is InChI=1S/C27H34FN3O4/c28-23-14-22(27(34)29-16-18-7-6-12-21(13-18)35-17-26(32)33)24(30-19-10-4-5-11-19)15-25(23)31-20-8-2-1-3-9-20/h6-7,12-15,19-20,30-31H,1-5,8-11,16-17H2,(H,29,34)(H,32,33). The molecule has 0 aliphatic heterocycles. The minimum absolute atomic E-state index is 0.204. The van der Waals surface area contributed by atoms with E-state index in [2.05, 4.69) is 16.0 Å². The second-order valence-electron chi connectivity index (χ2n) is 9.50. The summed E-state index contributed by atoms with van der Waals surface area (Å²) in [6, 6.07) is 10.5. The van der Waals surface area contributed by atoms with Crippen LogP contribution >= 0.6 is 0 Å². The molecule has 1 amide bonds. The molecule has 35 heavy (non-hydrogen) atoms. The molecular weight excluding hydrogens is 449 g/mol. The van der Waals surface area contributed by atoms with E-state index in [9.17, 15) is 9.59 Å². The van der Waals surface area contributed by atoms with Crippen LogP contribution in [0.4, 0.5) is 15.8 Å². The maximum atomic E-state index is 15.1. The zero-order valence-electron chi connectivity index (χ0n) is 19.9. The maximum absolute atomic E-state index is 15.1. The van der Waals surface area contributed by atoms with Crippen molar-refractivity contribution in [3.05, 3.63) is 53.3 Å². The number of carboxylic acid groups (broad SMARTS) is 1. The second-order valence-corrected chi connectivity index (χ2v) is 9.50. The van der Waals surface area contributed by atoms with Crippen molar-refractivity contribution in [2.45, 2.75) is 76.4 Å². The van der Waals surface area contributed by atoms with E-state index in [0.29, 0.717) is 17.1 Å². The monoisotopic (exact) mass is 483 g/mol. The number of halogens is 1. The van der Waals surface area contributed by atoms with E-state index < -0.39 is 18.4 Å². The lowest BCUT2D eigenvalue weighted by Gasteiger charge is -2.25. The van der Waals surface area contributed by atoms with Gasteiger partial charge in [-0.05, 0) is 55.5 Å². The number of anilines is 2. The van der Waals surface area contributed by atoms with Gasteiger partial charge in [-0.1, -0.05) is 44.2 Å². The summed E-state index contributed by atoms with van der Waals surface area (Å²) in [4.78, 5) is 23.8. The number of ether oxygens (including phenoxy) is 1. The summed E-state index contributed by atoms with van der Waals surface area (Å²) < 4.78 is 20.3. The van der Waals surface area contributed by atoms with Gasteiger partial charge in [0.1, 0.15) is 11.6 Å². The molecule has 0 heterocycles. The third kappa shape index (κ3) is 7.10. The maximum Gasteiger partial charge on any atom is 0.341 e. The van der Waals surface area contributed by atoms with E-state index in [1.807, 2.05) is 6.07 Å². The minimum atomic E-state index is -1.06. The molecule has 0 unspecified atom stereocenters. The number of amides is 1. The van der Waals surface area contributed by atoms with E-state index in [0.717, 1.165) is 56.9 Å². The van der Waals surface area contributed by atoms with Gasteiger partial charge in [0.25, 0.3) is 5.91 Å². The van der Waals surface area contributed by atoms with Crippen LogP contribution in [0.5, 0.6) is 5.75 Å². The molecule has 0 bridgehead atoms. The highest BCUT2D eigenvalue weighted by molar-refractivity contribution is 6.00. The summed E-state index contributed by atoms with van der Waals surface area (Å²) in [6.07, 6.45) is 9.94. The van der Waals surface area contributed by atoms with Crippen molar-refractivity contribution in [1.29, 1.82) is 0 Å². The average Bonchev–Trinajstić information content (AvgIpc) is 3.37. The van der Waals surface area contributed by atoms with Crippen molar-refractivity contribution in [2.75, 3.05) is 17.2 Å². The molecule has 188 valence electrons. The Kier molecular flexibility index (Phi) is 8.45. The first-order chi connectivity index (χ1) is 17.0. The van der Waals surface area contributed by atoms with Crippen LogP contribution in [-0.4, -0.2) is 35.7 Å². The number of nitrogens with one attached hydrogen (secondary N) is 3. The van der Waals surface area contributed by atoms with Gasteiger partial charge in [-0.15, -0.1) is 0 Å². The number of hydrogen-bond donors (Lipinski definition) is 4. The van der Waals surface area contributed by atoms with Gasteiger partial charge in [-0.25, -0.2) is 9.18 Å². The molecule has 8 heteroatoms. The molecule has 2 fully saturated rings. The Morgan fingerprint density at radius 1 is 0.914 bits per heavy atom. The SMILES string of the molecule is O=C(O)COc1cccc(CNC(=O)c2cc(F)c(NC3CCCCC3)cc2NC2CCCC2)c1. The highest BCUT2D eigenvalue weighted by Gasteiger charge is 2.22. The summed E-state index contributed by atoms with van der Waals surface area (Å²) in [6.45, 7) is -0.234. The van der Waals surface area contributed by atoms with Crippen molar-refractivity contribution in [3.8, 4) is 5.75 Å². The average molecular weight is 484 g/mol. The lowest BCUT2D eigenvalue weighted by Crippen LogP contribution is -2.27. The van der Waals surface area contributed by atoms with Gasteiger partial charge in [-0.2, -0.15) is 0 Å². The van der Waals surface area contributed by atoms with Gasteiger partial charge in [-0.3, -0.25) is 4.79 Å². The lowest BCUT2D eigenvalue weighted by molar-refractivity contribution is -0.139. The number of benzene rings is 2. The summed E-state index contributed by atoms with van der Waals surface area (Å²) in [7, 11) is 0. The molecule has 0 spiro atoms. The summed E-state index contributed by atoms with van der Waals surface area (Å²) in [5.41, 5.74) is 2.12. The van der Waals surface area contributed by atoms with Gasteiger partial charge in [0.2, 0.25) is 0 Å². The Labute approximate surface area is 205 Å². The zero-order valence-corrected chi connectivity index (χ0v) is 19.9. The predicted molar refractivity (Wildman–Crippen MR) is 134 cm³/mol. The number of carbonyl (C=O) groups excluding carboxylic acids is 1. The molecule has 0 radical (unpaired) electrons. The fourth-order valence-corrected chi connectivity index (χ4v) is 4.92. The highest BCUT2D eigenvalue weighted by atomic mass is 19.1. The molecule has 0 atom stereocenters. The lowest BCUT2D eigenvalue weighted by atomic mass is 9.95. The van der Waals surface area contributed by atoms with E-state index in [1.54, 1.807) is 24.3 Å². The number of aliphatic carboxylic acids is 1. The first kappa shape index (κ1) is 24.8. The van der Waals surface area contributed by atoms with E-state index in [1.165, 1.54) is 12.5 Å². The molecule has 2 aromatic carbocycles. The van der Waals surface area contributed by atoms with Crippen molar-refractivity contribution in [1.82, 2.24) is 5.32 Å². The third-order valence-corrected chi connectivity index (χ3v) is 6.75. The number of rotatable bonds is 10. The Balaban J connectivity index is 1.48. The number of hydrogen-bond acceptors (Lipinski definition) is 5. The zero-order chi connectivity index (χ0) is 24.6. The molecule has 0 aromatic heterocycles. The fraction of sp³-hybridized carbons (Fsp3) is 0.481. The van der Waals surface area contributed by atoms with E-state index >= 15 is 4.39 Å². The van der Waals surface area contributed by atoms with Crippen LogP contribution < -0.4 is 20.7 Å². The molecule has 2 aromatic rings. The minimum Gasteiger partial charge on any atom is -0.482 e. The fourth-order valence-electron chi connectivity index (χ4n) is 4.92.